The van der Waals surface area contributed by atoms with Gasteiger partial charge in [0.25, 0.3) is 0 Å². The normalized spacial score (nSPS) is 11.4. The van der Waals surface area contributed by atoms with Crippen molar-refractivity contribution in [2.45, 2.75) is 19.4 Å². The van der Waals surface area contributed by atoms with Gasteiger partial charge in [0.15, 0.2) is 0 Å². The molecule has 0 aliphatic heterocycles. The predicted molar refractivity (Wildman–Crippen MR) is 106 cm³/mol. The van der Waals surface area contributed by atoms with Crippen LogP contribution in [0.4, 0.5) is 11.5 Å². The summed E-state index contributed by atoms with van der Waals surface area (Å²) < 4.78 is 1.69. The van der Waals surface area contributed by atoms with Gasteiger partial charge < -0.3 is 16.2 Å². The minimum Gasteiger partial charge on any atom is -0.397 e. The summed E-state index contributed by atoms with van der Waals surface area (Å²) in [5.41, 5.74) is 8.38. The third-order valence-electron chi connectivity index (χ3n) is 3.91. The van der Waals surface area contributed by atoms with E-state index in [9.17, 15) is 5.11 Å². The lowest BCUT2D eigenvalue weighted by atomic mass is 10.0. The summed E-state index contributed by atoms with van der Waals surface area (Å²) in [6.45, 7) is 3.77. The molecule has 0 aliphatic carbocycles. The number of hydrogen-bond acceptors (Lipinski definition) is 7. The van der Waals surface area contributed by atoms with E-state index in [1.54, 1.807) is 49.1 Å². The van der Waals surface area contributed by atoms with Gasteiger partial charge in [-0.25, -0.2) is 4.98 Å². The molecule has 0 spiro atoms. The van der Waals surface area contributed by atoms with Crippen LogP contribution < -0.4 is 11.1 Å². The maximum absolute atomic E-state index is 9.85. The maximum Gasteiger partial charge on any atom is 0.126 e. The molecule has 8 nitrogen and oxygen atoms in total. The minimum atomic E-state index is -0.862. The number of nitrogens with zero attached hydrogens (tertiary/aromatic N) is 4. The van der Waals surface area contributed by atoms with Crippen molar-refractivity contribution in [3.63, 3.8) is 0 Å². The zero-order chi connectivity index (χ0) is 19.6. The molecule has 3 aromatic heterocycles. The number of aliphatic hydroxyl groups is 1. The Morgan fingerprint density at radius 2 is 2.11 bits per heavy atom. The fraction of sp³-hybridized carbons (Fsp3) is 0.263. The zero-order valence-corrected chi connectivity index (χ0v) is 15.6. The number of nitrogens with two attached hydrogens (primary N) is 1. The van der Waals surface area contributed by atoms with E-state index in [-0.39, 0.29) is 5.71 Å². The Labute approximate surface area is 157 Å². The van der Waals surface area contributed by atoms with Crippen LogP contribution in [-0.4, -0.2) is 42.7 Å². The van der Waals surface area contributed by atoms with E-state index < -0.39 is 5.60 Å². The van der Waals surface area contributed by atoms with Crippen LogP contribution >= 0.6 is 0 Å². The van der Waals surface area contributed by atoms with E-state index in [4.69, 9.17) is 11.1 Å². The van der Waals surface area contributed by atoms with Crippen LogP contribution in [0.2, 0.25) is 0 Å². The van der Waals surface area contributed by atoms with Crippen LogP contribution in [0.25, 0.3) is 11.3 Å². The number of aromatic nitrogens is 4. The molecule has 3 aromatic rings. The van der Waals surface area contributed by atoms with Gasteiger partial charge in [0, 0.05) is 30.9 Å². The zero-order valence-electron chi connectivity index (χ0n) is 15.6. The molecule has 0 aliphatic rings. The highest BCUT2D eigenvalue weighted by Crippen LogP contribution is 2.23. The molecule has 0 bridgehead atoms. The number of rotatable bonds is 6. The van der Waals surface area contributed by atoms with Gasteiger partial charge >= 0.3 is 0 Å². The third kappa shape index (κ3) is 4.48. The number of nitrogen functional groups attached to an aromatic ring is 1. The second-order valence-electron chi connectivity index (χ2n) is 7.01. The first-order valence-corrected chi connectivity index (χ1v) is 8.50. The van der Waals surface area contributed by atoms with Gasteiger partial charge in [-0.2, -0.15) is 5.10 Å². The first-order valence-electron chi connectivity index (χ1n) is 8.50. The van der Waals surface area contributed by atoms with Crippen molar-refractivity contribution in [1.29, 1.82) is 5.41 Å². The first-order chi connectivity index (χ1) is 12.7. The van der Waals surface area contributed by atoms with Crippen LogP contribution in [0.1, 0.15) is 25.1 Å². The van der Waals surface area contributed by atoms with Gasteiger partial charge in [0.1, 0.15) is 5.82 Å². The quantitative estimate of drug-likeness (QED) is 0.495. The van der Waals surface area contributed by atoms with E-state index in [1.165, 1.54) is 0 Å². The maximum atomic E-state index is 9.85. The highest BCUT2D eigenvalue weighted by atomic mass is 16.3. The van der Waals surface area contributed by atoms with Crippen LogP contribution in [-0.2, 0) is 7.05 Å². The second kappa shape index (κ2) is 7.16. The van der Waals surface area contributed by atoms with E-state index in [0.717, 1.165) is 5.56 Å². The Morgan fingerprint density at radius 1 is 1.33 bits per heavy atom. The summed E-state index contributed by atoms with van der Waals surface area (Å²) in [6, 6.07) is 7.12. The van der Waals surface area contributed by atoms with Crippen LogP contribution in [0.3, 0.4) is 0 Å². The van der Waals surface area contributed by atoms with Gasteiger partial charge in [-0.15, -0.1) is 0 Å². The minimum absolute atomic E-state index is 0.201. The monoisotopic (exact) mass is 365 g/mol. The Morgan fingerprint density at radius 3 is 2.78 bits per heavy atom. The van der Waals surface area contributed by atoms with E-state index in [0.29, 0.717) is 35.0 Å². The molecule has 0 saturated carbocycles. The van der Waals surface area contributed by atoms with Crippen molar-refractivity contribution >= 4 is 17.2 Å². The van der Waals surface area contributed by atoms with Gasteiger partial charge in [-0.05, 0) is 32.0 Å². The van der Waals surface area contributed by atoms with Crippen molar-refractivity contribution in [3.8, 4) is 11.3 Å². The summed E-state index contributed by atoms with van der Waals surface area (Å²) in [4.78, 5) is 8.80. The molecular formula is C19H23N7O. The largest absolute Gasteiger partial charge is 0.397 e. The molecule has 5 N–H and O–H groups in total. The lowest BCUT2D eigenvalue weighted by Gasteiger charge is -2.18. The van der Waals surface area contributed by atoms with Gasteiger partial charge in [0.05, 0.1) is 40.8 Å². The smallest absolute Gasteiger partial charge is 0.126 e. The fourth-order valence-corrected chi connectivity index (χ4v) is 2.51. The lowest BCUT2D eigenvalue weighted by Crippen LogP contribution is -2.29. The number of hydrogen-bond donors (Lipinski definition) is 4. The van der Waals surface area contributed by atoms with Crippen molar-refractivity contribution in [3.05, 3.63) is 54.1 Å². The number of nitrogens with one attached hydrogen (secondary N) is 2. The van der Waals surface area contributed by atoms with Crippen LogP contribution in [0.15, 0.2) is 42.9 Å². The summed E-state index contributed by atoms with van der Waals surface area (Å²) in [5.74, 6) is 0.583. The van der Waals surface area contributed by atoms with Crippen molar-refractivity contribution < 1.29 is 5.11 Å². The highest BCUT2D eigenvalue weighted by Gasteiger charge is 2.15. The molecule has 0 atom stereocenters. The third-order valence-corrected chi connectivity index (χ3v) is 3.91. The fourth-order valence-electron chi connectivity index (χ4n) is 2.51. The lowest BCUT2D eigenvalue weighted by molar-refractivity contribution is 0.0944. The molecule has 3 heterocycles. The number of aryl methyl sites for hydroxylation is 1. The van der Waals surface area contributed by atoms with Gasteiger partial charge in [-0.1, -0.05) is 6.07 Å². The first kappa shape index (κ1) is 18.5. The standard InChI is InChI=1S/C19H23N7O/c1-19(2,27)11-23-17-6-4-5-15(25-17)18(21)13-7-16(22-9-14(13)20)12-8-24-26(3)10-12/h4-10,21,27H,11,20H2,1-3H3,(H,23,25). The molecular weight excluding hydrogens is 342 g/mol. The summed E-state index contributed by atoms with van der Waals surface area (Å²) in [6.07, 6.45) is 5.11. The summed E-state index contributed by atoms with van der Waals surface area (Å²) in [7, 11) is 1.83. The summed E-state index contributed by atoms with van der Waals surface area (Å²) >= 11 is 0. The SMILES string of the molecule is Cn1cc(-c2cc(C(=N)c3cccc(NCC(C)(C)O)n3)c(N)cn2)cn1. The Bertz CT molecular complexity index is 972. The van der Waals surface area contributed by atoms with E-state index in [1.807, 2.05) is 19.3 Å². The molecule has 140 valence electrons. The number of pyridine rings is 2. The van der Waals surface area contributed by atoms with E-state index >= 15 is 0 Å². The average molecular weight is 365 g/mol. The number of anilines is 2. The predicted octanol–water partition coefficient (Wildman–Crippen LogP) is 2.06. The Kier molecular flexibility index (Phi) is 4.91. The molecule has 0 radical (unpaired) electrons. The van der Waals surface area contributed by atoms with Crippen LogP contribution in [0, 0.1) is 5.41 Å². The molecule has 0 saturated heterocycles. The van der Waals surface area contributed by atoms with E-state index in [2.05, 4.69) is 20.4 Å². The molecule has 8 heteroatoms. The van der Waals surface area contributed by atoms with Crippen molar-refractivity contribution in [2.75, 3.05) is 17.6 Å². The second-order valence-corrected chi connectivity index (χ2v) is 7.01. The molecule has 3 rings (SSSR count). The van der Waals surface area contributed by atoms with Crippen molar-refractivity contribution in [1.82, 2.24) is 19.7 Å². The van der Waals surface area contributed by atoms with Crippen molar-refractivity contribution in [2.24, 2.45) is 7.05 Å². The Hall–Kier alpha value is -3.26. The molecule has 27 heavy (non-hydrogen) atoms. The molecule has 0 fully saturated rings. The average Bonchev–Trinajstić information content (AvgIpc) is 3.06. The van der Waals surface area contributed by atoms with Gasteiger partial charge in [0.2, 0.25) is 0 Å². The molecule has 0 unspecified atom stereocenters. The Balaban J connectivity index is 1.89. The molecule has 0 amide bonds. The van der Waals surface area contributed by atoms with Crippen LogP contribution in [0.5, 0.6) is 0 Å². The summed E-state index contributed by atoms with van der Waals surface area (Å²) in [5, 5.41) is 25.6. The topological polar surface area (TPSA) is 126 Å². The molecule has 0 aromatic carbocycles. The highest BCUT2D eigenvalue weighted by molar-refractivity contribution is 6.13. The van der Waals surface area contributed by atoms with Gasteiger partial charge in [-0.3, -0.25) is 15.1 Å².